The molecule has 1 fully saturated rings. The number of nitrogens with zero attached hydrogens (tertiary/aromatic N) is 5. The van der Waals surface area contributed by atoms with Crippen LogP contribution in [0.15, 0.2) is 54.9 Å². The van der Waals surface area contributed by atoms with Crippen LogP contribution in [-0.2, 0) is 4.79 Å². The molecule has 7 nitrogen and oxygen atoms in total. The second-order valence-corrected chi connectivity index (χ2v) is 11.5. The molecule has 1 aliphatic rings. The summed E-state index contributed by atoms with van der Waals surface area (Å²) in [4.78, 5) is 29.0. The van der Waals surface area contributed by atoms with E-state index in [-0.39, 0.29) is 17.4 Å². The molecule has 4 aromatic rings. The lowest BCUT2D eigenvalue weighted by Gasteiger charge is -2.33. The first-order valence-electron chi connectivity index (χ1n) is 12.5. The minimum atomic E-state index is -0.0282. The van der Waals surface area contributed by atoms with E-state index in [1.165, 1.54) is 0 Å². The van der Waals surface area contributed by atoms with Crippen LogP contribution in [0.2, 0.25) is 10.0 Å². The lowest BCUT2D eigenvalue weighted by atomic mass is 9.91. The molecule has 0 radical (unpaired) electrons. The van der Waals surface area contributed by atoms with Crippen molar-refractivity contribution < 1.29 is 4.79 Å². The van der Waals surface area contributed by atoms with Crippen molar-refractivity contribution in [1.82, 2.24) is 24.8 Å². The molecule has 3 heterocycles. The van der Waals surface area contributed by atoms with E-state index < -0.39 is 0 Å². The van der Waals surface area contributed by atoms with Crippen molar-refractivity contribution in [3.63, 3.8) is 0 Å². The van der Waals surface area contributed by atoms with E-state index in [2.05, 4.69) is 41.0 Å². The molecule has 0 unspecified atom stereocenters. The van der Waals surface area contributed by atoms with Gasteiger partial charge in [0, 0.05) is 41.8 Å². The molecular formula is C28H30Cl2N6O. The summed E-state index contributed by atoms with van der Waals surface area (Å²) in [6.07, 6.45) is 3.79. The molecule has 0 bridgehead atoms. The average Bonchev–Trinajstić information content (AvgIpc) is 3.24. The van der Waals surface area contributed by atoms with Gasteiger partial charge in [0.25, 0.3) is 0 Å². The number of halogens is 2. The zero-order chi connectivity index (χ0) is 26.2. The van der Waals surface area contributed by atoms with Crippen LogP contribution in [0.5, 0.6) is 0 Å². The highest BCUT2D eigenvalue weighted by atomic mass is 35.5. The smallest absolute Gasteiger partial charge is 0.220 e. The summed E-state index contributed by atoms with van der Waals surface area (Å²) < 4.78 is 2.00. The standard InChI is InChI=1S/C28H30Cl2N6O/c1-28(2,3)16-23(37)33-19-12-14-35(15-13-19)26-24-27(32-17-31-26)36(20-10-8-18(29)9-11-20)25(34-24)21-6-4-5-7-22(21)30/h4-11,17,19H,12-16H2,1-3H3,(H,33,37). The normalized spacial score (nSPS) is 14.8. The number of carbonyl (C=O) groups excluding carboxylic acids is 1. The second-order valence-electron chi connectivity index (χ2n) is 10.7. The summed E-state index contributed by atoms with van der Waals surface area (Å²) in [6, 6.07) is 15.4. The van der Waals surface area contributed by atoms with E-state index in [1.54, 1.807) is 6.33 Å². The Morgan fingerprint density at radius 3 is 2.41 bits per heavy atom. The van der Waals surface area contributed by atoms with Gasteiger partial charge in [-0.3, -0.25) is 9.36 Å². The van der Waals surface area contributed by atoms with Crippen molar-refractivity contribution >= 4 is 46.1 Å². The molecule has 1 N–H and O–H groups in total. The van der Waals surface area contributed by atoms with E-state index in [0.29, 0.717) is 33.5 Å². The Hall–Kier alpha value is -3.16. The third-order valence-electron chi connectivity index (χ3n) is 6.48. The average molecular weight is 537 g/mol. The molecule has 0 spiro atoms. The molecular weight excluding hydrogens is 507 g/mol. The van der Waals surface area contributed by atoms with E-state index in [9.17, 15) is 4.79 Å². The third-order valence-corrected chi connectivity index (χ3v) is 7.06. The van der Waals surface area contributed by atoms with Gasteiger partial charge in [-0.25, -0.2) is 15.0 Å². The van der Waals surface area contributed by atoms with Gasteiger partial charge in [0.15, 0.2) is 17.0 Å². The minimum absolute atomic E-state index is 0.0282. The Kier molecular flexibility index (Phi) is 7.10. The summed E-state index contributed by atoms with van der Waals surface area (Å²) in [5.74, 6) is 1.58. The van der Waals surface area contributed by atoms with Crippen molar-refractivity contribution in [2.75, 3.05) is 18.0 Å². The fourth-order valence-corrected chi connectivity index (χ4v) is 5.11. The Morgan fingerprint density at radius 2 is 1.73 bits per heavy atom. The van der Waals surface area contributed by atoms with Gasteiger partial charge < -0.3 is 10.2 Å². The molecule has 5 rings (SSSR count). The van der Waals surface area contributed by atoms with Crippen LogP contribution in [0, 0.1) is 5.41 Å². The number of hydrogen-bond acceptors (Lipinski definition) is 5. The topological polar surface area (TPSA) is 75.9 Å². The number of fused-ring (bicyclic) bond motifs is 1. The molecule has 2 aromatic heterocycles. The van der Waals surface area contributed by atoms with Crippen LogP contribution in [0.25, 0.3) is 28.2 Å². The Bertz CT molecular complexity index is 1420. The third kappa shape index (κ3) is 5.58. The van der Waals surface area contributed by atoms with E-state index in [0.717, 1.165) is 43.0 Å². The molecule has 37 heavy (non-hydrogen) atoms. The van der Waals surface area contributed by atoms with Gasteiger partial charge in [0.05, 0.1) is 5.02 Å². The molecule has 192 valence electrons. The lowest BCUT2D eigenvalue weighted by Crippen LogP contribution is -2.45. The number of hydrogen-bond donors (Lipinski definition) is 1. The fraction of sp³-hybridized carbons (Fsp3) is 0.357. The van der Waals surface area contributed by atoms with Crippen LogP contribution in [0.4, 0.5) is 5.82 Å². The number of benzene rings is 2. The largest absolute Gasteiger partial charge is 0.355 e. The van der Waals surface area contributed by atoms with E-state index >= 15 is 0 Å². The van der Waals surface area contributed by atoms with Gasteiger partial charge in [-0.1, -0.05) is 56.1 Å². The molecule has 1 saturated heterocycles. The molecule has 0 saturated carbocycles. The molecule has 0 aliphatic carbocycles. The Balaban J connectivity index is 1.48. The summed E-state index contributed by atoms with van der Waals surface area (Å²) in [7, 11) is 0. The first-order valence-corrected chi connectivity index (χ1v) is 13.2. The summed E-state index contributed by atoms with van der Waals surface area (Å²) in [5, 5.41) is 4.47. The number of anilines is 1. The maximum Gasteiger partial charge on any atom is 0.220 e. The first-order chi connectivity index (χ1) is 17.7. The van der Waals surface area contributed by atoms with Gasteiger partial charge in [-0.05, 0) is 54.7 Å². The number of aromatic nitrogens is 4. The van der Waals surface area contributed by atoms with Crippen LogP contribution >= 0.6 is 23.2 Å². The predicted molar refractivity (Wildman–Crippen MR) is 150 cm³/mol. The van der Waals surface area contributed by atoms with Gasteiger partial charge in [-0.2, -0.15) is 0 Å². The predicted octanol–water partition coefficient (Wildman–Crippen LogP) is 6.31. The Morgan fingerprint density at radius 1 is 1.03 bits per heavy atom. The van der Waals surface area contributed by atoms with Crippen molar-refractivity contribution in [3.8, 4) is 17.1 Å². The summed E-state index contributed by atoms with van der Waals surface area (Å²) in [6.45, 7) is 7.77. The number of rotatable bonds is 5. The van der Waals surface area contributed by atoms with Crippen molar-refractivity contribution in [1.29, 1.82) is 0 Å². The lowest BCUT2D eigenvalue weighted by molar-refractivity contribution is -0.123. The molecule has 9 heteroatoms. The number of amides is 1. The van der Waals surface area contributed by atoms with Gasteiger partial charge >= 0.3 is 0 Å². The number of nitrogens with one attached hydrogen (secondary N) is 1. The van der Waals surface area contributed by atoms with E-state index in [4.69, 9.17) is 28.2 Å². The Labute approximate surface area is 226 Å². The highest BCUT2D eigenvalue weighted by molar-refractivity contribution is 6.33. The SMILES string of the molecule is CC(C)(C)CC(=O)NC1CCN(c2ncnc3c2nc(-c2ccccc2Cl)n3-c2ccc(Cl)cc2)CC1. The van der Waals surface area contributed by atoms with Crippen molar-refractivity contribution in [2.45, 2.75) is 46.1 Å². The van der Waals surface area contributed by atoms with Crippen molar-refractivity contribution in [3.05, 3.63) is 64.9 Å². The second kappa shape index (κ2) is 10.3. The number of carbonyl (C=O) groups is 1. The van der Waals surface area contributed by atoms with Gasteiger partial charge in [0.1, 0.15) is 12.2 Å². The van der Waals surface area contributed by atoms with Crippen molar-refractivity contribution in [2.24, 2.45) is 5.41 Å². The monoisotopic (exact) mass is 536 g/mol. The molecule has 0 atom stereocenters. The minimum Gasteiger partial charge on any atom is -0.355 e. The number of piperidine rings is 1. The van der Waals surface area contributed by atoms with Crippen LogP contribution < -0.4 is 10.2 Å². The zero-order valence-corrected chi connectivity index (χ0v) is 22.7. The highest BCUT2D eigenvalue weighted by Gasteiger charge is 2.27. The van der Waals surface area contributed by atoms with Crippen LogP contribution in [-0.4, -0.2) is 44.6 Å². The zero-order valence-electron chi connectivity index (χ0n) is 21.2. The molecule has 2 aromatic carbocycles. The van der Waals surface area contributed by atoms with E-state index in [1.807, 2.05) is 53.1 Å². The highest BCUT2D eigenvalue weighted by Crippen LogP contribution is 2.35. The van der Waals surface area contributed by atoms with Gasteiger partial charge in [-0.15, -0.1) is 0 Å². The first kappa shape index (κ1) is 25.5. The van der Waals surface area contributed by atoms with Gasteiger partial charge in [0.2, 0.25) is 5.91 Å². The maximum atomic E-state index is 12.4. The summed E-state index contributed by atoms with van der Waals surface area (Å²) >= 11 is 12.8. The molecule has 1 amide bonds. The number of imidazole rings is 1. The fourth-order valence-electron chi connectivity index (χ4n) is 4.77. The maximum absolute atomic E-state index is 12.4. The molecule has 1 aliphatic heterocycles. The summed E-state index contributed by atoms with van der Waals surface area (Å²) in [5.41, 5.74) is 3.07. The van der Waals surface area contributed by atoms with Crippen LogP contribution in [0.1, 0.15) is 40.0 Å². The van der Waals surface area contributed by atoms with Crippen LogP contribution in [0.3, 0.4) is 0 Å². The quantitative estimate of drug-likeness (QED) is 0.323.